The second-order valence-electron chi connectivity index (χ2n) is 3.85. The molecule has 0 aliphatic heterocycles. The van der Waals surface area contributed by atoms with Gasteiger partial charge in [-0.25, -0.2) is 0 Å². The number of carbonyl (C=O) groups is 2. The van der Waals surface area contributed by atoms with Crippen LogP contribution in [0.25, 0.3) is 0 Å². The first-order chi connectivity index (χ1) is 7.40. The van der Waals surface area contributed by atoms with Gasteiger partial charge in [0.2, 0.25) is 0 Å². The van der Waals surface area contributed by atoms with Gasteiger partial charge in [0.15, 0.2) is 0 Å². The molecule has 0 atom stereocenters. The minimum Gasteiger partial charge on any atom is -0.481 e. The molecule has 0 heterocycles. The number of carboxylic acid groups (broad SMARTS) is 2. The Hall–Kier alpha value is -1.84. The summed E-state index contributed by atoms with van der Waals surface area (Å²) < 4.78 is 0. The van der Waals surface area contributed by atoms with Crippen LogP contribution in [0.1, 0.15) is 22.3 Å². The fourth-order valence-electron chi connectivity index (χ4n) is 1.64. The third-order valence-corrected chi connectivity index (χ3v) is 2.48. The van der Waals surface area contributed by atoms with Crippen LogP contribution in [0.3, 0.4) is 0 Å². The minimum absolute atomic E-state index is 0.0278. The van der Waals surface area contributed by atoms with Crippen molar-refractivity contribution in [1.29, 1.82) is 0 Å². The van der Waals surface area contributed by atoms with Gasteiger partial charge in [0.25, 0.3) is 0 Å². The Kier molecular flexibility index (Phi) is 3.66. The van der Waals surface area contributed by atoms with Crippen molar-refractivity contribution in [3.63, 3.8) is 0 Å². The highest BCUT2D eigenvalue weighted by Gasteiger charge is 2.09. The van der Waals surface area contributed by atoms with Crippen LogP contribution in [-0.2, 0) is 22.4 Å². The summed E-state index contributed by atoms with van der Waals surface area (Å²) in [4.78, 5) is 21.2. The van der Waals surface area contributed by atoms with Crippen molar-refractivity contribution in [1.82, 2.24) is 0 Å². The van der Waals surface area contributed by atoms with Crippen molar-refractivity contribution < 1.29 is 19.8 Å². The zero-order valence-electron chi connectivity index (χ0n) is 9.28. The summed E-state index contributed by atoms with van der Waals surface area (Å²) in [5.74, 6) is -1.76. The summed E-state index contributed by atoms with van der Waals surface area (Å²) in [5.41, 5.74) is 3.12. The molecular formula is C12H14O4. The summed E-state index contributed by atoms with van der Waals surface area (Å²) in [7, 11) is 0. The molecule has 0 fully saturated rings. The van der Waals surface area contributed by atoms with Gasteiger partial charge >= 0.3 is 11.9 Å². The van der Waals surface area contributed by atoms with E-state index in [1.54, 1.807) is 26.0 Å². The number of aryl methyl sites for hydroxylation is 2. The van der Waals surface area contributed by atoms with Crippen LogP contribution in [0.15, 0.2) is 12.1 Å². The van der Waals surface area contributed by atoms with Crippen molar-refractivity contribution in [3.05, 3.63) is 34.4 Å². The second kappa shape index (κ2) is 4.79. The number of aliphatic carboxylic acids is 2. The predicted octanol–water partition coefficient (Wildman–Crippen LogP) is 1.56. The van der Waals surface area contributed by atoms with E-state index in [1.165, 1.54) is 0 Å². The summed E-state index contributed by atoms with van der Waals surface area (Å²) >= 11 is 0. The van der Waals surface area contributed by atoms with E-state index < -0.39 is 11.9 Å². The Balaban J connectivity index is 3.06. The van der Waals surface area contributed by atoms with E-state index in [0.29, 0.717) is 0 Å². The molecule has 16 heavy (non-hydrogen) atoms. The molecule has 0 aromatic heterocycles. The van der Waals surface area contributed by atoms with Crippen LogP contribution in [0, 0.1) is 13.8 Å². The lowest BCUT2D eigenvalue weighted by Crippen LogP contribution is -2.06. The molecule has 0 unspecified atom stereocenters. The largest absolute Gasteiger partial charge is 0.481 e. The predicted molar refractivity (Wildman–Crippen MR) is 58.6 cm³/mol. The first kappa shape index (κ1) is 12.2. The lowest BCUT2D eigenvalue weighted by atomic mass is 9.96. The first-order valence-electron chi connectivity index (χ1n) is 4.92. The zero-order valence-corrected chi connectivity index (χ0v) is 9.28. The van der Waals surface area contributed by atoms with E-state index in [-0.39, 0.29) is 12.8 Å². The lowest BCUT2D eigenvalue weighted by molar-refractivity contribution is -0.137. The van der Waals surface area contributed by atoms with Gasteiger partial charge < -0.3 is 10.2 Å². The first-order valence-corrected chi connectivity index (χ1v) is 4.92. The molecule has 4 heteroatoms. The van der Waals surface area contributed by atoms with Crippen LogP contribution >= 0.6 is 0 Å². The normalized spacial score (nSPS) is 10.1. The van der Waals surface area contributed by atoms with Gasteiger partial charge in [-0.2, -0.15) is 0 Å². The van der Waals surface area contributed by atoms with Crippen LogP contribution in [-0.4, -0.2) is 22.2 Å². The zero-order chi connectivity index (χ0) is 12.3. The highest BCUT2D eigenvalue weighted by atomic mass is 16.4. The highest BCUT2D eigenvalue weighted by Crippen LogP contribution is 2.17. The number of rotatable bonds is 4. The Morgan fingerprint density at radius 2 is 1.25 bits per heavy atom. The van der Waals surface area contributed by atoms with Crippen molar-refractivity contribution in [2.75, 3.05) is 0 Å². The monoisotopic (exact) mass is 222 g/mol. The van der Waals surface area contributed by atoms with E-state index >= 15 is 0 Å². The Morgan fingerprint density at radius 1 is 0.938 bits per heavy atom. The molecule has 1 rings (SSSR count). The Morgan fingerprint density at radius 3 is 1.50 bits per heavy atom. The van der Waals surface area contributed by atoms with Crippen LogP contribution in [0.4, 0.5) is 0 Å². The van der Waals surface area contributed by atoms with E-state index in [0.717, 1.165) is 22.3 Å². The van der Waals surface area contributed by atoms with E-state index in [2.05, 4.69) is 0 Å². The molecule has 2 N–H and O–H groups in total. The molecule has 86 valence electrons. The number of carboxylic acids is 2. The summed E-state index contributed by atoms with van der Waals surface area (Å²) in [6.07, 6.45) is -0.0555. The molecule has 0 amide bonds. The second-order valence-corrected chi connectivity index (χ2v) is 3.85. The molecule has 0 saturated carbocycles. The average molecular weight is 222 g/mol. The fraction of sp³-hybridized carbons (Fsp3) is 0.333. The summed E-state index contributed by atoms with van der Waals surface area (Å²) in [6.45, 7) is 3.59. The minimum atomic E-state index is -0.881. The summed E-state index contributed by atoms with van der Waals surface area (Å²) in [6, 6.07) is 3.50. The van der Waals surface area contributed by atoms with Crippen molar-refractivity contribution in [3.8, 4) is 0 Å². The molecule has 4 nitrogen and oxygen atoms in total. The number of hydrogen-bond acceptors (Lipinski definition) is 2. The van der Waals surface area contributed by atoms with E-state index in [4.69, 9.17) is 10.2 Å². The quantitative estimate of drug-likeness (QED) is 0.810. The number of benzene rings is 1. The van der Waals surface area contributed by atoms with E-state index in [1.807, 2.05) is 0 Å². The topological polar surface area (TPSA) is 74.6 Å². The van der Waals surface area contributed by atoms with Crippen LogP contribution in [0.5, 0.6) is 0 Å². The van der Waals surface area contributed by atoms with E-state index in [9.17, 15) is 9.59 Å². The van der Waals surface area contributed by atoms with Crippen molar-refractivity contribution in [2.45, 2.75) is 26.7 Å². The Labute approximate surface area is 93.5 Å². The molecular weight excluding hydrogens is 208 g/mol. The molecule has 0 aliphatic rings. The van der Waals surface area contributed by atoms with Crippen LogP contribution < -0.4 is 0 Å². The molecule has 0 aliphatic carbocycles. The van der Waals surface area contributed by atoms with Crippen molar-refractivity contribution in [2.24, 2.45) is 0 Å². The molecule has 0 spiro atoms. The molecule has 0 radical (unpaired) electrons. The van der Waals surface area contributed by atoms with Gasteiger partial charge in [-0.1, -0.05) is 12.1 Å². The third-order valence-electron chi connectivity index (χ3n) is 2.48. The lowest BCUT2D eigenvalue weighted by Gasteiger charge is -2.09. The van der Waals surface area contributed by atoms with Gasteiger partial charge in [-0.05, 0) is 36.1 Å². The number of hydrogen-bond donors (Lipinski definition) is 2. The maximum Gasteiger partial charge on any atom is 0.307 e. The van der Waals surface area contributed by atoms with Gasteiger partial charge in [0, 0.05) is 0 Å². The molecule has 0 bridgehead atoms. The van der Waals surface area contributed by atoms with Gasteiger partial charge in [0.05, 0.1) is 12.8 Å². The third kappa shape index (κ3) is 3.08. The fourth-order valence-corrected chi connectivity index (χ4v) is 1.64. The molecule has 0 saturated heterocycles. The smallest absolute Gasteiger partial charge is 0.307 e. The van der Waals surface area contributed by atoms with Gasteiger partial charge in [-0.15, -0.1) is 0 Å². The standard InChI is InChI=1S/C12H14O4/c1-7-3-10(6-12(15)16)8(2)4-9(7)5-11(13)14/h3-4H,5-6H2,1-2H3,(H,13,14)(H,15,16). The SMILES string of the molecule is Cc1cc(CC(=O)O)c(C)cc1CC(=O)O. The van der Waals surface area contributed by atoms with Gasteiger partial charge in [0.1, 0.15) is 0 Å². The summed E-state index contributed by atoms with van der Waals surface area (Å²) in [5, 5.41) is 17.4. The maximum absolute atomic E-state index is 10.6. The average Bonchev–Trinajstić information content (AvgIpc) is 2.11. The van der Waals surface area contributed by atoms with Crippen molar-refractivity contribution >= 4 is 11.9 Å². The van der Waals surface area contributed by atoms with Gasteiger partial charge in [-0.3, -0.25) is 9.59 Å². The molecule has 1 aromatic carbocycles. The van der Waals surface area contributed by atoms with Crippen LogP contribution in [0.2, 0.25) is 0 Å². The highest BCUT2D eigenvalue weighted by molar-refractivity contribution is 5.72. The maximum atomic E-state index is 10.6. The Bertz CT molecular complexity index is 393. The molecule has 1 aromatic rings.